The summed E-state index contributed by atoms with van der Waals surface area (Å²) in [5.74, 6) is 2.13. The standard InChI is InChI=1S/C14H20N4O2/c1-3-19-12-6-4-5-7-13(12)20-9-8-18-10-16-14(17-18)11(2)15/h4-7,10-11H,3,8-9,15H2,1-2H3. The maximum absolute atomic E-state index is 5.72. The molecule has 1 aromatic carbocycles. The zero-order valence-electron chi connectivity index (χ0n) is 11.8. The molecular weight excluding hydrogens is 256 g/mol. The molecule has 0 saturated carbocycles. The van der Waals surface area contributed by atoms with Crippen molar-refractivity contribution in [1.29, 1.82) is 0 Å². The average molecular weight is 276 g/mol. The molecule has 0 aliphatic heterocycles. The number of ether oxygens (including phenoxy) is 2. The van der Waals surface area contributed by atoms with Crippen molar-refractivity contribution < 1.29 is 9.47 Å². The Kier molecular flexibility index (Phi) is 4.95. The fourth-order valence-corrected chi connectivity index (χ4v) is 1.72. The van der Waals surface area contributed by atoms with Gasteiger partial charge in [0.2, 0.25) is 0 Å². The van der Waals surface area contributed by atoms with E-state index in [4.69, 9.17) is 15.2 Å². The summed E-state index contributed by atoms with van der Waals surface area (Å²) in [5.41, 5.74) is 5.71. The highest BCUT2D eigenvalue weighted by Crippen LogP contribution is 2.26. The molecule has 0 aliphatic carbocycles. The maximum Gasteiger partial charge on any atom is 0.166 e. The molecular formula is C14H20N4O2. The lowest BCUT2D eigenvalue weighted by atomic mass is 10.3. The minimum absolute atomic E-state index is 0.157. The molecule has 20 heavy (non-hydrogen) atoms. The molecule has 108 valence electrons. The van der Waals surface area contributed by atoms with Crippen molar-refractivity contribution in [1.82, 2.24) is 14.8 Å². The Morgan fingerprint density at radius 1 is 1.25 bits per heavy atom. The van der Waals surface area contributed by atoms with Gasteiger partial charge in [-0.1, -0.05) is 12.1 Å². The molecule has 6 heteroatoms. The molecule has 0 saturated heterocycles. The Bertz CT molecular complexity index is 539. The molecule has 1 heterocycles. The van der Waals surface area contributed by atoms with Gasteiger partial charge in [-0.15, -0.1) is 0 Å². The fourth-order valence-electron chi connectivity index (χ4n) is 1.72. The third kappa shape index (κ3) is 3.71. The van der Waals surface area contributed by atoms with Crippen LogP contribution in [0.1, 0.15) is 25.7 Å². The summed E-state index contributed by atoms with van der Waals surface area (Å²) in [6.45, 7) is 5.52. The molecule has 0 fully saturated rings. The third-order valence-corrected chi connectivity index (χ3v) is 2.69. The predicted molar refractivity (Wildman–Crippen MR) is 75.7 cm³/mol. The average Bonchev–Trinajstić information content (AvgIpc) is 2.90. The second kappa shape index (κ2) is 6.91. The minimum Gasteiger partial charge on any atom is -0.490 e. The van der Waals surface area contributed by atoms with Gasteiger partial charge in [-0.3, -0.25) is 0 Å². The molecule has 2 rings (SSSR count). The predicted octanol–water partition coefficient (Wildman–Crippen LogP) is 1.78. The highest BCUT2D eigenvalue weighted by molar-refractivity contribution is 5.39. The quantitative estimate of drug-likeness (QED) is 0.834. The van der Waals surface area contributed by atoms with E-state index in [2.05, 4.69) is 10.1 Å². The molecule has 0 spiro atoms. The smallest absolute Gasteiger partial charge is 0.166 e. The van der Waals surface area contributed by atoms with Crippen LogP contribution in [-0.2, 0) is 6.54 Å². The summed E-state index contributed by atoms with van der Waals surface area (Å²) in [7, 11) is 0. The van der Waals surface area contributed by atoms with Crippen molar-refractivity contribution in [3.63, 3.8) is 0 Å². The van der Waals surface area contributed by atoms with E-state index < -0.39 is 0 Å². The number of nitrogens with two attached hydrogens (primary N) is 1. The number of rotatable bonds is 7. The van der Waals surface area contributed by atoms with Crippen LogP contribution >= 0.6 is 0 Å². The molecule has 6 nitrogen and oxygen atoms in total. The van der Waals surface area contributed by atoms with Crippen LogP contribution in [0.2, 0.25) is 0 Å². The number of hydrogen-bond donors (Lipinski definition) is 1. The van der Waals surface area contributed by atoms with Crippen molar-refractivity contribution >= 4 is 0 Å². The van der Waals surface area contributed by atoms with Crippen LogP contribution in [0.25, 0.3) is 0 Å². The summed E-state index contributed by atoms with van der Waals surface area (Å²) in [4.78, 5) is 4.13. The third-order valence-electron chi connectivity index (χ3n) is 2.69. The first-order valence-corrected chi connectivity index (χ1v) is 6.70. The second-order valence-electron chi connectivity index (χ2n) is 4.38. The lowest BCUT2D eigenvalue weighted by Gasteiger charge is -2.11. The first-order valence-electron chi connectivity index (χ1n) is 6.70. The van der Waals surface area contributed by atoms with Crippen LogP contribution in [0.3, 0.4) is 0 Å². The zero-order chi connectivity index (χ0) is 14.4. The van der Waals surface area contributed by atoms with E-state index in [0.29, 0.717) is 25.6 Å². The van der Waals surface area contributed by atoms with Crippen LogP contribution in [-0.4, -0.2) is 28.0 Å². The first kappa shape index (κ1) is 14.3. The van der Waals surface area contributed by atoms with Gasteiger partial charge in [0.05, 0.1) is 19.2 Å². The van der Waals surface area contributed by atoms with E-state index in [1.807, 2.05) is 38.1 Å². The number of nitrogens with zero attached hydrogens (tertiary/aromatic N) is 3. The summed E-state index contributed by atoms with van der Waals surface area (Å²) >= 11 is 0. The first-order chi connectivity index (χ1) is 9.70. The Morgan fingerprint density at radius 2 is 1.95 bits per heavy atom. The summed E-state index contributed by atoms with van der Waals surface area (Å²) in [6, 6.07) is 7.46. The number of benzene rings is 1. The fraction of sp³-hybridized carbons (Fsp3) is 0.429. The van der Waals surface area contributed by atoms with Crippen LogP contribution in [0.15, 0.2) is 30.6 Å². The van der Waals surface area contributed by atoms with Gasteiger partial charge >= 0.3 is 0 Å². The summed E-state index contributed by atoms with van der Waals surface area (Å²) < 4.78 is 12.9. The molecule has 2 aromatic rings. The minimum atomic E-state index is -0.157. The van der Waals surface area contributed by atoms with Crippen LogP contribution in [0.5, 0.6) is 11.5 Å². The van der Waals surface area contributed by atoms with Crippen LogP contribution < -0.4 is 15.2 Å². The Hall–Kier alpha value is -2.08. The van der Waals surface area contributed by atoms with E-state index in [1.54, 1.807) is 11.0 Å². The Labute approximate surface area is 118 Å². The molecule has 0 radical (unpaired) electrons. The van der Waals surface area contributed by atoms with Crippen LogP contribution in [0.4, 0.5) is 0 Å². The topological polar surface area (TPSA) is 75.2 Å². The molecule has 1 aromatic heterocycles. The lowest BCUT2D eigenvalue weighted by molar-refractivity contribution is 0.262. The molecule has 1 atom stereocenters. The Balaban J connectivity index is 1.89. The molecule has 1 unspecified atom stereocenters. The largest absolute Gasteiger partial charge is 0.490 e. The maximum atomic E-state index is 5.72. The van der Waals surface area contributed by atoms with Gasteiger partial charge in [0.25, 0.3) is 0 Å². The van der Waals surface area contributed by atoms with Gasteiger partial charge in [0, 0.05) is 0 Å². The molecule has 2 N–H and O–H groups in total. The summed E-state index contributed by atoms with van der Waals surface area (Å²) in [5, 5.41) is 4.27. The van der Waals surface area contributed by atoms with Gasteiger partial charge in [0.15, 0.2) is 17.3 Å². The van der Waals surface area contributed by atoms with Gasteiger partial charge in [-0.05, 0) is 26.0 Å². The number of hydrogen-bond acceptors (Lipinski definition) is 5. The van der Waals surface area contributed by atoms with Crippen LogP contribution in [0, 0.1) is 0 Å². The van der Waals surface area contributed by atoms with Gasteiger partial charge in [-0.25, -0.2) is 9.67 Å². The Morgan fingerprint density at radius 3 is 2.55 bits per heavy atom. The van der Waals surface area contributed by atoms with Crippen molar-refractivity contribution in [3.8, 4) is 11.5 Å². The van der Waals surface area contributed by atoms with Crippen molar-refractivity contribution in [2.75, 3.05) is 13.2 Å². The molecule has 0 amide bonds. The highest BCUT2D eigenvalue weighted by atomic mass is 16.5. The van der Waals surface area contributed by atoms with E-state index in [0.717, 1.165) is 11.5 Å². The van der Waals surface area contributed by atoms with Gasteiger partial charge < -0.3 is 15.2 Å². The van der Waals surface area contributed by atoms with Gasteiger partial charge in [-0.2, -0.15) is 5.10 Å². The van der Waals surface area contributed by atoms with E-state index in [9.17, 15) is 0 Å². The number of para-hydroxylation sites is 2. The monoisotopic (exact) mass is 276 g/mol. The highest BCUT2D eigenvalue weighted by Gasteiger charge is 2.06. The lowest BCUT2D eigenvalue weighted by Crippen LogP contribution is -2.11. The van der Waals surface area contributed by atoms with E-state index >= 15 is 0 Å². The second-order valence-corrected chi connectivity index (χ2v) is 4.38. The van der Waals surface area contributed by atoms with Crippen molar-refractivity contribution in [2.24, 2.45) is 5.73 Å². The number of aromatic nitrogens is 3. The van der Waals surface area contributed by atoms with Gasteiger partial charge in [0.1, 0.15) is 12.9 Å². The normalized spacial score (nSPS) is 12.2. The molecule has 0 aliphatic rings. The van der Waals surface area contributed by atoms with Crippen molar-refractivity contribution in [3.05, 3.63) is 36.4 Å². The zero-order valence-corrected chi connectivity index (χ0v) is 11.8. The van der Waals surface area contributed by atoms with E-state index in [1.165, 1.54) is 0 Å². The SMILES string of the molecule is CCOc1ccccc1OCCn1cnc(C(C)N)n1. The summed E-state index contributed by atoms with van der Waals surface area (Å²) in [6.07, 6.45) is 1.66. The van der Waals surface area contributed by atoms with E-state index in [-0.39, 0.29) is 6.04 Å². The van der Waals surface area contributed by atoms with Crippen molar-refractivity contribution in [2.45, 2.75) is 26.4 Å². The molecule has 0 bridgehead atoms.